The molecule has 5 atom stereocenters. The average Bonchev–Trinajstić information content (AvgIpc) is 1.17. The Morgan fingerprint density at radius 3 is 0.708 bits per heavy atom. The van der Waals surface area contributed by atoms with Gasteiger partial charge in [-0.1, -0.05) is 356 Å². The van der Waals surface area contributed by atoms with E-state index in [0.717, 1.165) is 109 Å². The molecule has 0 aliphatic heterocycles. The summed E-state index contributed by atoms with van der Waals surface area (Å²) >= 11 is 0. The van der Waals surface area contributed by atoms with Crippen molar-refractivity contribution >= 4 is 39.5 Å². The second kappa shape index (κ2) is 70.1. The lowest BCUT2D eigenvalue weighted by Crippen LogP contribution is -2.30. The number of hydrogen-bond acceptors (Lipinski definition) is 15. The number of esters is 4. The third-order valence-electron chi connectivity index (χ3n) is 18.0. The van der Waals surface area contributed by atoms with Crippen molar-refractivity contribution in [1.29, 1.82) is 0 Å². The van der Waals surface area contributed by atoms with Gasteiger partial charge in [0.1, 0.15) is 19.3 Å². The molecule has 19 heteroatoms. The van der Waals surface area contributed by atoms with E-state index in [1.807, 2.05) is 0 Å². The van der Waals surface area contributed by atoms with Crippen molar-refractivity contribution in [2.45, 2.75) is 425 Å². The molecule has 0 aromatic carbocycles. The highest BCUT2D eigenvalue weighted by atomic mass is 31.2. The summed E-state index contributed by atoms with van der Waals surface area (Å²) < 4.78 is 68.2. The summed E-state index contributed by atoms with van der Waals surface area (Å²) in [6.45, 7) is 7.20. The molecule has 0 aromatic heterocycles. The van der Waals surface area contributed by atoms with Crippen LogP contribution in [0.4, 0.5) is 0 Å². The molecule has 0 radical (unpaired) electrons. The molecule has 2 unspecified atom stereocenters. The lowest BCUT2D eigenvalue weighted by atomic mass is 10.0. The van der Waals surface area contributed by atoms with Gasteiger partial charge in [-0.25, -0.2) is 9.13 Å². The molecule has 0 rings (SSSR count). The van der Waals surface area contributed by atoms with E-state index in [1.54, 1.807) is 0 Å². The molecule has 3 N–H and O–H groups in total. The van der Waals surface area contributed by atoms with E-state index in [1.165, 1.54) is 218 Å². The van der Waals surface area contributed by atoms with Gasteiger partial charge in [0.15, 0.2) is 12.2 Å². The number of phosphoric acid groups is 2. The summed E-state index contributed by atoms with van der Waals surface area (Å²) in [5.74, 6) is -1.31. The molecule has 0 aliphatic carbocycles. The molecular formula is C77H150O17P2. The minimum atomic E-state index is -4.95. The highest BCUT2D eigenvalue weighted by molar-refractivity contribution is 7.47. The molecule has 0 saturated heterocycles. The highest BCUT2D eigenvalue weighted by Gasteiger charge is 2.30. The molecule has 0 aliphatic rings. The third-order valence-corrected chi connectivity index (χ3v) is 19.9. The van der Waals surface area contributed by atoms with Crippen molar-refractivity contribution in [3.05, 3.63) is 0 Å². The van der Waals surface area contributed by atoms with Gasteiger partial charge in [-0.2, -0.15) is 0 Å². The maximum absolute atomic E-state index is 13.1. The summed E-state index contributed by atoms with van der Waals surface area (Å²) in [5.41, 5.74) is 0. The third kappa shape index (κ3) is 70.5. The standard InChI is InChI=1S/C77H150O17P2/c1-6-9-12-15-17-19-20-21-22-23-24-25-26-27-32-35-38-41-44-48-53-58-63-77(82)94-73(67-88-75(80)61-56-51-47-43-40-37-34-31-29-28-30-33-36-39-42-45-50-54-59-70(4)5)69-92-96(85,86)90-65-71(78)64-89-95(83,84)91-68-72(66-87-74(79)60-55-49-14-11-8-3)93-76(81)62-57-52-46-18-16-13-10-7-2/h70-73,78H,6-69H2,1-5H3,(H,83,84)(H,85,86)/t71-,72+,73+/m0/s1. The molecule has 0 heterocycles. The van der Waals surface area contributed by atoms with Gasteiger partial charge in [-0.05, 0) is 31.6 Å². The van der Waals surface area contributed by atoms with Gasteiger partial charge in [0.05, 0.1) is 26.4 Å². The van der Waals surface area contributed by atoms with Crippen molar-refractivity contribution in [3.63, 3.8) is 0 Å². The Morgan fingerprint density at radius 2 is 0.479 bits per heavy atom. The van der Waals surface area contributed by atoms with Crippen LogP contribution in [-0.4, -0.2) is 96.7 Å². The molecule has 0 aromatic rings. The van der Waals surface area contributed by atoms with E-state index in [2.05, 4.69) is 34.6 Å². The summed E-state index contributed by atoms with van der Waals surface area (Å²) in [7, 11) is -9.89. The van der Waals surface area contributed by atoms with E-state index in [9.17, 15) is 43.2 Å². The van der Waals surface area contributed by atoms with Crippen molar-refractivity contribution in [2.75, 3.05) is 39.6 Å². The second-order valence-electron chi connectivity index (χ2n) is 28.2. The Labute approximate surface area is 588 Å². The number of ether oxygens (including phenoxy) is 4. The van der Waals surface area contributed by atoms with Crippen LogP contribution in [0.3, 0.4) is 0 Å². The van der Waals surface area contributed by atoms with Gasteiger partial charge in [-0.15, -0.1) is 0 Å². The van der Waals surface area contributed by atoms with E-state index in [4.69, 9.17) is 37.0 Å². The first-order valence-electron chi connectivity index (χ1n) is 40.1. The lowest BCUT2D eigenvalue weighted by Gasteiger charge is -2.21. The van der Waals surface area contributed by atoms with Crippen molar-refractivity contribution < 1.29 is 80.2 Å². The number of hydrogen-bond donors (Lipinski definition) is 3. The number of aliphatic hydroxyl groups is 1. The zero-order valence-electron chi connectivity index (χ0n) is 62.5. The lowest BCUT2D eigenvalue weighted by molar-refractivity contribution is -0.161. The summed E-state index contributed by atoms with van der Waals surface area (Å²) in [5, 5.41) is 10.6. The van der Waals surface area contributed by atoms with E-state index in [-0.39, 0.29) is 25.7 Å². The van der Waals surface area contributed by atoms with Crippen LogP contribution in [0.15, 0.2) is 0 Å². The Bertz CT molecular complexity index is 1840. The zero-order chi connectivity index (χ0) is 70.5. The van der Waals surface area contributed by atoms with Crippen LogP contribution in [0, 0.1) is 5.92 Å². The second-order valence-corrected chi connectivity index (χ2v) is 31.1. The van der Waals surface area contributed by atoms with Crippen molar-refractivity contribution in [3.8, 4) is 0 Å². The zero-order valence-corrected chi connectivity index (χ0v) is 64.3. The van der Waals surface area contributed by atoms with E-state index >= 15 is 0 Å². The smallest absolute Gasteiger partial charge is 0.462 e. The quantitative estimate of drug-likeness (QED) is 0.0222. The number of carbonyl (C=O) groups is 4. The maximum atomic E-state index is 13.1. The Kier molecular flexibility index (Phi) is 68.7. The molecule has 0 spiro atoms. The van der Waals surface area contributed by atoms with E-state index in [0.29, 0.717) is 25.7 Å². The van der Waals surface area contributed by atoms with Crippen LogP contribution in [0.2, 0.25) is 0 Å². The van der Waals surface area contributed by atoms with Crippen LogP contribution >= 0.6 is 15.6 Å². The van der Waals surface area contributed by atoms with Gasteiger partial charge in [0.2, 0.25) is 0 Å². The van der Waals surface area contributed by atoms with Gasteiger partial charge in [0.25, 0.3) is 0 Å². The van der Waals surface area contributed by atoms with Crippen LogP contribution in [0.1, 0.15) is 407 Å². The van der Waals surface area contributed by atoms with Crippen LogP contribution in [0.25, 0.3) is 0 Å². The first-order chi connectivity index (χ1) is 46.5. The Hall–Kier alpha value is -1.94. The number of phosphoric ester groups is 2. The number of carbonyl (C=O) groups excluding carboxylic acids is 4. The topological polar surface area (TPSA) is 237 Å². The van der Waals surface area contributed by atoms with Crippen LogP contribution in [0.5, 0.6) is 0 Å². The summed E-state index contributed by atoms with van der Waals surface area (Å²) in [6, 6.07) is 0. The molecule has 96 heavy (non-hydrogen) atoms. The maximum Gasteiger partial charge on any atom is 0.472 e. The summed E-state index contributed by atoms with van der Waals surface area (Å²) in [4.78, 5) is 72.4. The predicted molar refractivity (Wildman–Crippen MR) is 391 cm³/mol. The van der Waals surface area contributed by atoms with E-state index < -0.39 is 97.5 Å². The first kappa shape index (κ1) is 94.1. The first-order valence-corrected chi connectivity index (χ1v) is 43.1. The molecule has 0 saturated carbocycles. The Balaban J connectivity index is 5.05. The minimum Gasteiger partial charge on any atom is -0.462 e. The fourth-order valence-electron chi connectivity index (χ4n) is 11.9. The highest BCUT2D eigenvalue weighted by Crippen LogP contribution is 2.45. The van der Waals surface area contributed by atoms with Gasteiger partial charge < -0.3 is 33.8 Å². The van der Waals surface area contributed by atoms with Crippen molar-refractivity contribution in [1.82, 2.24) is 0 Å². The largest absolute Gasteiger partial charge is 0.472 e. The predicted octanol–water partition coefficient (Wildman–Crippen LogP) is 22.9. The monoisotopic (exact) mass is 1410 g/mol. The molecular weight excluding hydrogens is 1260 g/mol. The van der Waals surface area contributed by atoms with Gasteiger partial charge in [0, 0.05) is 25.7 Å². The van der Waals surface area contributed by atoms with Gasteiger partial charge >= 0.3 is 39.5 Å². The molecule has 0 fully saturated rings. The SMILES string of the molecule is CCCCCCCCCCCCCCCCCCCCCCCCC(=O)O[C@H](COC(=O)CCCCCCCCCCCCCCCCCCCCC(C)C)COP(=O)(O)OC[C@@H](O)COP(=O)(O)OC[C@@H](COC(=O)CCCCCCC)OC(=O)CCCCCCCCCC. The normalized spacial score (nSPS) is 13.9. The van der Waals surface area contributed by atoms with Gasteiger partial charge in [-0.3, -0.25) is 37.3 Å². The fraction of sp³-hybridized carbons (Fsp3) is 0.948. The molecule has 0 bridgehead atoms. The Morgan fingerprint density at radius 1 is 0.281 bits per heavy atom. The molecule has 0 amide bonds. The molecule has 17 nitrogen and oxygen atoms in total. The summed E-state index contributed by atoms with van der Waals surface area (Å²) in [6.07, 6.45) is 60.5. The number of aliphatic hydroxyl groups excluding tert-OH is 1. The number of unbranched alkanes of at least 4 members (excludes halogenated alkanes) is 49. The van der Waals surface area contributed by atoms with Crippen LogP contribution in [-0.2, 0) is 65.4 Å². The number of rotatable bonds is 77. The van der Waals surface area contributed by atoms with Crippen LogP contribution < -0.4 is 0 Å². The minimum absolute atomic E-state index is 0.104. The average molecular weight is 1410 g/mol. The van der Waals surface area contributed by atoms with Crippen molar-refractivity contribution in [2.24, 2.45) is 5.92 Å². The fourth-order valence-corrected chi connectivity index (χ4v) is 13.5. The molecule has 570 valence electrons.